The smallest absolute Gasteiger partial charge is 0.0567 e. The van der Waals surface area contributed by atoms with Crippen molar-refractivity contribution in [3.63, 3.8) is 0 Å². The molecule has 0 fully saturated rings. The summed E-state index contributed by atoms with van der Waals surface area (Å²) in [5, 5.41) is 1.19. The summed E-state index contributed by atoms with van der Waals surface area (Å²) >= 11 is 11.9. The number of benzene rings is 1. The van der Waals surface area contributed by atoms with Gasteiger partial charge in [0.2, 0.25) is 0 Å². The standard InChI is InChI=1S/C12H10Cl2N2/c13-9-1-2-10(11(14)7-9)12(15)8-3-5-16-6-4-8/h1-7,12H,15H2. The topological polar surface area (TPSA) is 38.9 Å². The molecule has 1 atom stereocenters. The lowest BCUT2D eigenvalue weighted by Crippen LogP contribution is -2.12. The molecule has 1 aromatic carbocycles. The molecule has 0 aliphatic rings. The Bertz CT molecular complexity index is 486. The Kier molecular flexibility index (Phi) is 3.44. The van der Waals surface area contributed by atoms with E-state index in [-0.39, 0.29) is 6.04 Å². The third kappa shape index (κ3) is 2.35. The van der Waals surface area contributed by atoms with Crippen LogP contribution in [0.1, 0.15) is 17.2 Å². The van der Waals surface area contributed by atoms with Gasteiger partial charge in [-0.3, -0.25) is 4.98 Å². The second-order valence-electron chi connectivity index (χ2n) is 3.42. The summed E-state index contributed by atoms with van der Waals surface area (Å²) in [5.74, 6) is 0. The zero-order valence-corrected chi connectivity index (χ0v) is 9.91. The van der Waals surface area contributed by atoms with E-state index in [1.54, 1.807) is 24.5 Å². The minimum atomic E-state index is -0.257. The summed E-state index contributed by atoms with van der Waals surface area (Å²) in [4.78, 5) is 3.95. The molecule has 1 heterocycles. The molecule has 0 radical (unpaired) electrons. The van der Waals surface area contributed by atoms with E-state index in [2.05, 4.69) is 4.98 Å². The SMILES string of the molecule is NC(c1ccncc1)c1ccc(Cl)cc1Cl. The van der Waals surface area contributed by atoms with Gasteiger partial charge in [-0.05, 0) is 35.4 Å². The van der Waals surface area contributed by atoms with Gasteiger partial charge in [0.15, 0.2) is 0 Å². The van der Waals surface area contributed by atoms with E-state index >= 15 is 0 Å². The number of hydrogen-bond donors (Lipinski definition) is 1. The first-order valence-corrected chi connectivity index (χ1v) is 5.54. The van der Waals surface area contributed by atoms with Gasteiger partial charge in [0.25, 0.3) is 0 Å². The van der Waals surface area contributed by atoms with E-state index in [9.17, 15) is 0 Å². The molecule has 1 unspecified atom stereocenters. The van der Waals surface area contributed by atoms with Crippen molar-refractivity contribution in [3.8, 4) is 0 Å². The normalized spacial score (nSPS) is 12.4. The van der Waals surface area contributed by atoms with Crippen molar-refractivity contribution in [2.45, 2.75) is 6.04 Å². The van der Waals surface area contributed by atoms with Crippen LogP contribution in [0.5, 0.6) is 0 Å². The molecule has 82 valence electrons. The van der Waals surface area contributed by atoms with Crippen LogP contribution in [-0.4, -0.2) is 4.98 Å². The zero-order chi connectivity index (χ0) is 11.5. The van der Waals surface area contributed by atoms with E-state index in [1.807, 2.05) is 18.2 Å². The summed E-state index contributed by atoms with van der Waals surface area (Å²) in [6, 6.07) is 8.80. The highest BCUT2D eigenvalue weighted by molar-refractivity contribution is 6.35. The molecule has 0 amide bonds. The van der Waals surface area contributed by atoms with Crippen molar-refractivity contribution in [3.05, 3.63) is 63.9 Å². The molecule has 0 spiro atoms. The number of rotatable bonds is 2. The number of nitrogens with zero attached hydrogens (tertiary/aromatic N) is 1. The van der Waals surface area contributed by atoms with Crippen LogP contribution >= 0.6 is 23.2 Å². The first-order valence-electron chi connectivity index (χ1n) is 4.79. The summed E-state index contributed by atoms with van der Waals surface area (Å²) in [7, 11) is 0. The van der Waals surface area contributed by atoms with Crippen LogP contribution in [0.4, 0.5) is 0 Å². The fourth-order valence-electron chi connectivity index (χ4n) is 1.50. The van der Waals surface area contributed by atoms with Crippen molar-refractivity contribution in [2.75, 3.05) is 0 Å². The van der Waals surface area contributed by atoms with Crippen molar-refractivity contribution >= 4 is 23.2 Å². The van der Waals surface area contributed by atoms with E-state index in [4.69, 9.17) is 28.9 Å². The highest BCUT2D eigenvalue weighted by Crippen LogP contribution is 2.28. The fraction of sp³-hybridized carbons (Fsp3) is 0.0833. The second kappa shape index (κ2) is 4.83. The lowest BCUT2D eigenvalue weighted by molar-refractivity contribution is 0.868. The van der Waals surface area contributed by atoms with Gasteiger partial charge in [0.05, 0.1) is 6.04 Å². The molecule has 0 aliphatic carbocycles. The zero-order valence-electron chi connectivity index (χ0n) is 8.40. The van der Waals surface area contributed by atoms with E-state index in [0.29, 0.717) is 10.0 Å². The van der Waals surface area contributed by atoms with E-state index < -0.39 is 0 Å². The van der Waals surface area contributed by atoms with E-state index in [0.717, 1.165) is 11.1 Å². The Morgan fingerprint density at radius 2 is 1.75 bits per heavy atom. The van der Waals surface area contributed by atoms with Gasteiger partial charge in [-0.1, -0.05) is 29.3 Å². The third-order valence-corrected chi connectivity index (χ3v) is 2.93. The van der Waals surface area contributed by atoms with Crippen LogP contribution in [0.25, 0.3) is 0 Å². The number of hydrogen-bond acceptors (Lipinski definition) is 2. The lowest BCUT2D eigenvalue weighted by Gasteiger charge is -2.13. The summed E-state index contributed by atoms with van der Waals surface area (Å²) in [6.45, 7) is 0. The van der Waals surface area contributed by atoms with Gasteiger partial charge in [-0.15, -0.1) is 0 Å². The molecule has 0 aliphatic heterocycles. The van der Waals surface area contributed by atoms with Crippen LogP contribution in [0, 0.1) is 0 Å². The molecular weight excluding hydrogens is 243 g/mol. The van der Waals surface area contributed by atoms with Crippen LogP contribution < -0.4 is 5.73 Å². The summed E-state index contributed by atoms with van der Waals surface area (Å²) < 4.78 is 0. The van der Waals surface area contributed by atoms with Crippen LogP contribution in [-0.2, 0) is 0 Å². The number of halogens is 2. The predicted octanol–water partition coefficient (Wildman–Crippen LogP) is 3.44. The van der Waals surface area contributed by atoms with Gasteiger partial charge in [0.1, 0.15) is 0 Å². The average Bonchev–Trinajstić information content (AvgIpc) is 2.29. The molecule has 0 bridgehead atoms. The molecule has 4 heteroatoms. The van der Waals surface area contributed by atoms with Crippen LogP contribution in [0.15, 0.2) is 42.7 Å². The largest absolute Gasteiger partial charge is 0.320 e. The minimum Gasteiger partial charge on any atom is -0.320 e. The third-order valence-electron chi connectivity index (χ3n) is 2.36. The maximum Gasteiger partial charge on any atom is 0.0567 e. The van der Waals surface area contributed by atoms with Crippen molar-refractivity contribution in [2.24, 2.45) is 5.73 Å². The van der Waals surface area contributed by atoms with Gasteiger partial charge in [-0.25, -0.2) is 0 Å². The molecular formula is C12H10Cl2N2. The number of nitrogens with two attached hydrogens (primary N) is 1. The highest BCUT2D eigenvalue weighted by Gasteiger charge is 2.12. The van der Waals surface area contributed by atoms with Gasteiger partial charge in [-0.2, -0.15) is 0 Å². The molecule has 0 saturated heterocycles. The van der Waals surface area contributed by atoms with Crippen LogP contribution in [0.2, 0.25) is 10.0 Å². The summed E-state index contributed by atoms with van der Waals surface area (Å²) in [5.41, 5.74) is 7.94. The minimum absolute atomic E-state index is 0.257. The first kappa shape index (κ1) is 11.4. The van der Waals surface area contributed by atoms with Crippen LogP contribution in [0.3, 0.4) is 0 Å². The van der Waals surface area contributed by atoms with E-state index in [1.165, 1.54) is 0 Å². The van der Waals surface area contributed by atoms with Gasteiger partial charge < -0.3 is 5.73 Å². The first-order chi connectivity index (χ1) is 7.68. The maximum atomic E-state index is 6.11. The molecule has 2 rings (SSSR count). The molecule has 2 N–H and O–H groups in total. The average molecular weight is 253 g/mol. The molecule has 0 saturated carbocycles. The number of pyridine rings is 1. The van der Waals surface area contributed by atoms with Gasteiger partial charge >= 0.3 is 0 Å². The van der Waals surface area contributed by atoms with Gasteiger partial charge in [0, 0.05) is 22.4 Å². The maximum absolute atomic E-state index is 6.11. The Morgan fingerprint density at radius 3 is 2.38 bits per heavy atom. The Labute approximate surface area is 104 Å². The lowest BCUT2D eigenvalue weighted by atomic mass is 10.0. The molecule has 16 heavy (non-hydrogen) atoms. The number of aromatic nitrogens is 1. The van der Waals surface area contributed by atoms with Crippen molar-refractivity contribution < 1.29 is 0 Å². The molecule has 1 aromatic heterocycles. The monoisotopic (exact) mass is 252 g/mol. The molecule has 2 aromatic rings. The summed E-state index contributed by atoms with van der Waals surface area (Å²) in [6.07, 6.45) is 3.41. The Hall–Kier alpha value is -1.09. The Morgan fingerprint density at radius 1 is 1.06 bits per heavy atom. The quantitative estimate of drug-likeness (QED) is 0.890. The second-order valence-corrected chi connectivity index (χ2v) is 4.27. The molecule has 2 nitrogen and oxygen atoms in total. The fourth-order valence-corrected chi connectivity index (χ4v) is 2.03. The van der Waals surface area contributed by atoms with Crippen molar-refractivity contribution in [1.29, 1.82) is 0 Å². The Balaban J connectivity index is 2.38. The van der Waals surface area contributed by atoms with Crippen molar-refractivity contribution in [1.82, 2.24) is 4.98 Å². The predicted molar refractivity (Wildman–Crippen MR) is 66.7 cm³/mol. The highest BCUT2D eigenvalue weighted by atomic mass is 35.5.